The molecule has 3 heteroatoms. The molecule has 1 fully saturated rings. The molecule has 66 valence electrons. The minimum Gasteiger partial charge on any atom is -0.467 e. The van der Waals surface area contributed by atoms with Crippen molar-refractivity contribution in [3.63, 3.8) is 0 Å². The van der Waals surface area contributed by atoms with Gasteiger partial charge in [0.1, 0.15) is 11.9 Å². The number of thioether (sulfide) groups is 1. The van der Waals surface area contributed by atoms with E-state index in [1.807, 2.05) is 23.9 Å². The zero-order chi connectivity index (χ0) is 8.39. The highest BCUT2D eigenvalue weighted by molar-refractivity contribution is 8.00. The average molecular weight is 184 g/mol. The van der Waals surface area contributed by atoms with Crippen LogP contribution in [-0.4, -0.2) is 16.1 Å². The van der Waals surface area contributed by atoms with E-state index in [4.69, 9.17) is 4.42 Å². The summed E-state index contributed by atoms with van der Waals surface area (Å²) >= 11 is 1.84. The normalized spacial score (nSPS) is 25.9. The fourth-order valence-corrected chi connectivity index (χ4v) is 2.78. The smallest absolute Gasteiger partial charge is 0.133 e. The van der Waals surface area contributed by atoms with Crippen LogP contribution in [0.1, 0.15) is 24.7 Å². The topological polar surface area (TPSA) is 33.4 Å². The van der Waals surface area contributed by atoms with Crippen molar-refractivity contribution < 1.29 is 9.52 Å². The number of aliphatic hydroxyl groups excluding tert-OH is 1. The van der Waals surface area contributed by atoms with E-state index in [0.717, 1.165) is 6.42 Å². The molecule has 0 saturated carbocycles. The van der Waals surface area contributed by atoms with Gasteiger partial charge in [0.15, 0.2) is 0 Å². The van der Waals surface area contributed by atoms with Crippen molar-refractivity contribution in [2.45, 2.75) is 24.2 Å². The molecule has 1 N–H and O–H groups in total. The first-order chi connectivity index (χ1) is 5.88. The van der Waals surface area contributed by atoms with Gasteiger partial charge in [-0.1, -0.05) is 0 Å². The Kier molecular flexibility index (Phi) is 2.42. The zero-order valence-corrected chi connectivity index (χ0v) is 7.59. The Bertz CT molecular complexity index is 227. The Hall–Kier alpha value is -0.410. The molecule has 0 radical (unpaired) electrons. The monoisotopic (exact) mass is 184 g/mol. The van der Waals surface area contributed by atoms with Gasteiger partial charge in [-0.25, -0.2) is 0 Å². The molecule has 0 bridgehead atoms. The molecule has 2 atom stereocenters. The highest BCUT2D eigenvalue weighted by atomic mass is 32.2. The lowest BCUT2D eigenvalue weighted by atomic mass is 10.1. The summed E-state index contributed by atoms with van der Waals surface area (Å²) in [7, 11) is 0. The molecule has 0 aliphatic carbocycles. The molecule has 1 aromatic rings. The molecule has 12 heavy (non-hydrogen) atoms. The molecule has 2 nitrogen and oxygen atoms in total. The number of aliphatic hydroxyl groups is 1. The summed E-state index contributed by atoms with van der Waals surface area (Å²) < 4.78 is 5.14. The summed E-state index contributed by atoms with van der Waals surface area (Å²) in [6.07, 6.45) is 3.52. The zero-order valence-electron chi connectivity index (χ0n) is 6.77. The lowest BCUT2D eigenvalue weighted by Crippen LogP contribution is -2.10. The highest BCUT2D eigenvalue weighted by Crippen LogP contribution is 2.35. The van der Waals surface area contributed by atoms with Crippen molar-refractivity contribution in [1.29, 1.82) is 0 Å². The maximum absolute atomic E-state index is 9.79. The van der Waals surface area contributed by atoms with E-state index in [-0.39, 0.29) is 0 Å². The van der Waals surface area contributed by atoms with Gasteiger partial charge in [-0.05, 0) is 30.7 Å². The molecule has 1 aliphatic rings. The Morgan fingerprint density at radius 1 is 1.67 bits per heavy atom. The molecule has 1 aliphatic heterocycles. The van der Waals surface area contributed by atoms with E-state index < -0.39 is 6.10 Å². The summed E-state index contributed by atoms with van der Waals surface area (Å²) in [6, 6.07) is 3.65. The second kappa shape index (κ2) is 3.54. The fourth-order valence-electron chi connectivity index (χ4n) is 1.49. The number of rotatable bonds is 2. The van der Waals surface area contributed by atoms with Crippen LogP contribution in [0.25, 0.3) is 0 Å². The predicted octanol–water partition coefficient (Wildman–Crippen LogP) is 2.21. The lowest BCUT2D eigenvalue weighted by molar-refractivity contribution is 0.145. The van der Waals surface area contributed by atoms with Gasteiger partial charge in [-0.2, -0.15) is 11.8 Å². The first-order valence-electron chi connectivity index (χ1n) is 4.21. The molecular formula is C9H12O2S. The third kappa shape index (κ3) is 1.52. The van der Waals surface area contributed by atoms with Crippen LogP contribution in [0.4, 0.5) is 0 Å². The van der Waals surface area contributed by atoms with Crippen molar-refractivity contribution in [1.82, 2.24) is 0 Å². The molecule has 1 saturated heterocycles. The van der Waals surface area contributed by atoms with Gasteiger partial charge >= 0.3 is 0 Å². The van der Waals surface area contributed by atoms with Gasteiger partial charge in [-0.3, -0.25) is 0 Å². The van der Waals surface area contributed by atoms with Gasteiger partial charge in [0.25, 0.3) is 0 Å². The van der Waals surface area contributed by atoms with Crippen molar-refractivity contribution >= 4 is 11.8 Å². The van der Waals surface area contributed by atoms with E-state index in [1.54, 1.807) is 6.26 Å². The highest BCUT2D eigenvalue weighted by Gasteiger charge is 2.26. The minimum atomic E-state index is -0.410. The summed E-state index contributed by atoms with van der Waals surface area (Å²) in [5, 5.41) is 10.1. The van der Waals surface area contributed by atoms with Crippen LogP contribution in [-0.2, 0) is 0 Å². The van der Waals surface area contributed by atoms with Gasteiger partial charge in [0, 0.05) is 5.25 Å². The lowest BCUT2D eigenvalue weighted by Gasteiger charge is -2.13. The van der Waals surface area contributed by atoms with Crippen LogP contribution in [0.5, 0.6) is 0 Å². The molecule has 0 amide bonds. The van der Waals surface area contributed by atoms with Crippen LogP contribution < -0.4 is 0 Å². The fraction of sp³-hybridized carbons (Fsp3) is 0.556. The van der Waals surface area contributed by atoms with Gasteiger partial charge in [0.05, 0.1) is 6.26 Å². The first kappa shape index (κ1) is 8.20. The van der Waals surface area contributed by atoms with Gasteiger partial charge < -0.3 is 9.52 Å². The molecule has 2 unspecified atom stereocenters. The molecule has 0 spiro atoms. The number of hydrogen-bond donors (Lipinski definition) is 1. The standard InChI is InChI=1S/C9H12O2S/c10-9(7-3-1-5-11-7)8-4-2-6-12-8/h1,3,5,8-10H,2,4,6H2. The summed E-state index contributed by atoms with van der Waals surface area (Å²) in [5.41, 5.74) is 0. The molecule has 2 rings (SSSR count). The Morgan fingerprint density at radius 3 is 3.17 bits per heavy atom. The van der Waals surface area contributed by atoms with Crippen LogP contribution in [0.3, 0.4) is 0 Å². The van der Waals surface area contributed by atoms with Crippen molar-refractivity contribution in [3.8, 4) is 0 Å². The van der Waals surface area contributed by atoms with Gasteiger partial charge in [-0.15, -0.1) is 0 Å². The second-order valence-corrected chi connectivity index (χ2v) is 4.36. The Balaban J connectivity index is 2.04. The first-order valence-corrected chi connectivity index (χ1v) is 5.26. The van der Waals surface area contributed by atoms with E-state index in [9.17, 15) is 5.11 Å². The third-order valence-electron chi connectivity index (χ3n) is 2.15. The predicted molar refractivity (Wildman–Crippen MR) is 49.1 cm³/mol. The maximum Gasteiger partial charge on any atom is 0.133 e. The van der Waals surface area contributed by atoms with Crippen LogP contribution in [0.2, 0.25) is 0 Å². The SMILES string of the molecule is OC(c1ccco1)C1CCCS1. The average Bonchev–Trinajstić information content (AvgIpc) is 2.77. The van der Waals surface area contributed by atoms with Crippen LogP contribution in [0, 0.1) is 0 Å². The maximum atomic E-state index is 9.79. The summed E-state index contributed by atoms with van der Waals surface area (Å²) in [6.45, 7) is 0. The molecule has 1 aromatic heterocycles. The largest absolute Gasteiger partial charge is 0.467 e. The van der Waals surface area contributed by atoms with E-state index in [1.165, 1.54) is 12.2 Å². The minimum absolute atomic E-state index is 0.344. The number of furan rings is 1. The molecule has 2 heterocycles. The summed E-state index contributed by atoms with van der Waals surface area (Å²) in [4.78, 5) is 0. The van der Waals surface area contributed by atoms with Crippen LogP contribution >= 0.6 is 11.8 Å². The van der Waals surface area contributed by atoms with Crippen molar-refractivity contribution in [2.75, 3.05) is 5.75 Å². The Morgan fingerprint density at radius 2 is 2.58 bits per heavy atom. The Labute approximate surface area is 76.0 Å². The van der Waals surface area contributed by atoms with E-state index >= 15 is 0 Å². The third-order valence-corrected chi connectivity index (χ3v) is 3.60. The van der Waals surface area contributed by atoms with Gasteiger partial charge in [0.2, 0.25) is 0 Å². The molecular weight excluding hydrogens is 172 g/mol. The van der Waals surface area contributed by atoms with E-state index in [0.29, 0.717) is 11.0 Å². The molecule has 0 aromatic carbocycles. The second-order valence-electron chi connectivity index (χ2n) is 3.01. The summed E-state index contributed by atoms with van der Waals surface area (Å²) in [5.74, 6) is 1.87. The quantitative estimate of drug-likeness (QED) is 0.765. The van der Waals surface area contributed by atoms with Crippen molar-refractivity contribution in [2.24, 2.45) is 0 Å². The van der Waals surface area contributed by atoms with Crippen LogP contribution in [0.15, 0.2) is 22.8 Å². The van der Waals surface area contributed by atoms with Crippen molar-refractivity contribution in [3.05, 3.63) is 24.2 Å². The van der Waals surface area contributed by atoms with E-state index in [2.05, 4.69) is 0 Å². The number of hydrogen-bond acceptors (Lipinski definition) is 3.